The zero-order valence-electron chi connectivity index (χ0n) is 8.98. The van der Waals surface area contributed by atoms with E-state index in [4.69, 9.17) is 5.73 Å². The van der Waals surface area contributed by atoms with Crippen molar-refractivity contribution in [1.29, 1.82) is 0 Å². The maximum atomic E-state index is 13.6. The lowest BCUT2D eigenvalue weighted by Gasteiger charge is -2.14. The molecule has 0 aliphatic heterocycles. The van der Waals surface area contributed by atoms with Crippen LogP contribution < -0.4 is 5.73 Å². The largest absolute Gasteiger partial charge is 0.324 e. The summed E-state index contributed by atoms with van der Waals surface area (Å²) in [6, 6.07) is 1.98. The first kappa shape index (κ1) is 11.9. The fourth-order valence-corrected chi connectivity index (χ4v) is 1.50. The molecule has 0 amide bonds. The van der Waals surface area contributed by atoms with E-state index in [0.29, 0.717) is 12.0 Å². The van der Waals surface area contributed by atoms with E-state index in [-0.39, 0.29) is 5.56 Å². The maximum absolute atomic E-state index is 13.6. The van der Waals surface area contributed by atoms with Crippen LogP contribution in [0.25, 0.3) is 0 Å². The van der Waals surface area contributed by atoms with Gasteiger partial charge in [0.2, 0.25) is 0 Å². The van der Waals surface area contributed by atoms with Gasteiger partial charge in [0.1, 0.15) is 11.6 Å². The van der Waals surface area contributed by atoms with Gasteiger partial charge >= 0.3 is 0 Å². The lowest BCUT2D eigenvalue weighted by atomic mass is 9.98. The molecular weight excluding hydrogens is 196 g/mol. The van der Waals surface area contributed by atoms with Gasteiger partial charge in [-0.25, -0.2) is 8.78 Å². The number of benzene rings is 1. The standard InChI is InChI=1S/C12H15F2N/c1-7(2)6-10(15)11-9(13)5-4-8(3)12(11)14/h4-5,10H,1,6,15H2,2-3H3. The number of rotatable bonds is 3. The minimum absolute atomic E-state index is 0.0435. The molecule has 0 aliphatic carbocycles. The van der Waals surface area contributed by atoms with Crippen LogP contribution in [0.1, 0.15) is 30.5 Å². The molecular formula is C12H15F2N. The van der Waals surface area contributed by atoms with Crippen LogP contribution in [0, 0.1) is 18.6 Å². The number of hydrogen-bond acceptors (Lipinski definition) is 1. The quantitative estimate of drug-likeness (QED) is 0.763. The monoisotopic (exact) mass is 211 g/mol. The van der Waals surface area contributed by atoms with Crippen molar-refractivity contribution in [3.8, 4) is 0 Å². The molecule has 0 aliphatic rings. The Hall–Kier alpha value is -1.22. The fraction of sp³-hybridized carbons (Fsp3) is 0.333. The summed E-state index contributed by atoms with van der Waals surface area (Å²) in [7, 11) is 0. The second kappa shape index (κ2) is 4.53. The van der Waals surface area contributed by atoms with Gasteiger partial charge in [-0.05, 0) is 31.9 Å². The summed E-state index contributed by atoms with van der Waals surface area (Å²) in [5.74, 6) is -1.14. The third-order valence-electron chi connectivity index (χ3n) is 2.26. The average molecular weight is 211 g/mol. The topological polar surface area (TPSA) is 26.0 Å². The molecule has 1 aromatic rings. The Morgan fingerprint density at radius 2 is 2.07 bits per heavy atom. The summed E-state index contributed by atoms with van der Waals surface area (Å²) in [5, 5.41) is 0. The van der Waals surface area contributed by atoms with E-state index in [1.165, 1.54) is 12.1 Å². The summed E-state index contributed by atoms with van der Waals surface area (Å²) >= 11 is 0. The predicted molar refractivity (Wildman–Crippen MR) is 57.5 cm³/mol. The molecule has 0 bridgehead atoms. The van der Waals surface area contributed by atoms with Gasteiger partial charge < -0.3 is 5.73 Å². The zero-order chi connectivity index (χ0) is 11.6. The second-order valence-corrected chi connectivity index (χ2v) is 3.86. The molecule has 0 aromatic heterocycles. The molecule has 1 nitrogen and oxygen atoms in total. The SMILES string of the molecule is C=C(C)CC(N)c1c(F)ccc(C)c1F. The number of hydrogen-bond donors (Lipinski definition) is 1. The molecule has 0 saturated carbocycles. The van der Waals surface area contributed by atoms with Crippen molar-refractivity contribution in [2.24, 2.45) is 5.73 Å². The maximum Gasteiger partial charge on any atom is 0.133 e. The van der Waals surface area contributed by atoms with Gasteiger partial charge in [0.15, 0.2) is 0 Å². The van der Waals surface area contributed by atoms with E-state index in [1.807, 2.05) is 0 Å². The molecule has 0 saturated heterocycles. The van der Waals surface area contributed by atoms with Gasteiger partial charge in [0.25, 0.3) is 0 Å². The first-order valence-electron chi connectivity index (χ1n) is 4.78. The smallest absolute Gasteiger partial charge is 0.133 e. The van der Waals surface area contributed by atoms with Gasteiger partial charge in [0, 0.05) is 11.6 Å². The minimum atomic E-state index is -0.664. The number of nitrogens with two attached hydrogens (primary N) is 1. The van der Waals surface area contributed by atoms with Crippen molar-refractivity contribution in [2.45, 2.75) is 26.3 Å². The van der Waals surface area contributed by atoms with Crippen LogP contribution in [0.5, 0.6) is 0 Å². The Labute approximate surface area is 88.6 Å². The van der Waals surface area contributed by atoms with Crippen molar-refractivity contribution in [3.63, 3.8) is 0 Å². The second-order valence-electron chi connectivity index (χ2n) is 3.86. The van der Waals surface area contributed by atoms with Crippen LogP contribution in [-0.4, -0.2) is 0 Å². The predicted octanol–water partition coefficient (Wildman–Crippen LogP) is 3.24. The van der Waals surface area contributed by atoms with E-state index in [2.05, 4.69) is 6.58 Å². The van der Waals surface area contributed by atoms with E-state index in [9.17, 15) is 8.78 Å². The summed E-state index contributed by atoms with van der Waals surface area (Å²) in [6.07, 6.45) is 0.386. The molecule has 2 N–H and O–H groups in total. The summed E-state index contributed by atoms with van der Waals surface area (Å²) in [5.41, 5.74) is 6.90. The van der Waals surface area contributed by atoms with Gasteiger partial charge in [-0.15, -0.1) is 6.58 Å². The van der Waals surface area contributed by atoms with Crippen LogP contribution in [0.2, 0.25) is 0 Å². The first-order chi connectivity index (χ1) is 6.93. The van der Waals surface area contributed by atoms with Crippen LogP contribution >= 0.6 is 0 Å². The van der Waals surface area contributed by atoms with Crippen LogP contribution in [-0.2, 0) is 0 Å². The van der Waals surface area contributed by atoms with Gasteiger partial charge in [-0.2, -0.15) is 0 Å². The molecule has 15 heavy (non-hydrogen) atoms. The van der Waals surface area contributed by atoms with Crippen molar-refractivity contribution in [3.05, 3.63) is 47.0 Å². The Kier molecular flexibility index (Phi) is 3.58. The number of halogens is 2. The first-order valence-corrected chi connectivity index (χ1v) is 4.78. The Morgan fingerprint density at radius 3 is 2.60 bits per heavy atom. The molecule has 1 unspecified atom stereocenters. The third-order valence-corrected chi connectivity index (χ3v) is 2.26. The van der Waals surface area contributed by atoms with Crippen molar-refractivity contribution >= 4 is 0 Å². The fourth-order valence-electron chi connectivity index (χ4n) is 1.50. The Morgan fingerprint density at radius 1 is 1.47 bits per heavy atom. The van der Waals surface area contributed by atoms with Crippen LogP contribution in [0.15, 0.2) is 24.3 Å². The zero-order valence-corrected chi connectivity index (χ0v) is 8.98. The Balaban J connectivity index is 3.12. The van der Waals surface area contributed by atoms with Crippen LogP contribution in [0.4, 0.5) is 8.78 Å². The minimum Gasteiger partial charge on any atom is -0.324 e. The molecule has 0 heterocycles. The molecule has 1 aromatic carbocycles. The van der Waals surface area contributed by atoms with Gasteiger partial charge in [0.05, 0.1) is 0 Å². The summed E-state index contributed by atoms with van der Waals surface area (Å²) in [4.78, 5) is 0. The average Bonchev–Trinajstić information content (AvgIpc) is 2.11. The van der Waals surface area contributed by atoms with Crippen molar-refractivity contribution in [1.82, 2.24) is 0 Å². The number of aryl methyl sites for hydroxylation is 1. The lowest BCUT2D eigenvalue weighted by Crippen LogP contribution is -2.15. The highest BCUT2D eigenvalue weighted by Crippen LogP contribution is 2.25. The normalized spacial score (nSPS) is 12.6. The Bertz CT molecular complexity index is 385. The van der Waals surface area contributed by atoms with Crippen molar-refractivity contribution < 1.29 is 8.78 Å². The van der Waals surface area contributed by atoms with Crippen molar-refractivity contribution in [2.75, 3.05) is 0 Å². The van der Waals surface area contributed by atoms with Gasteiger partial charge in [-0.1, -0.05) is 11.6 Å². The highest BCUT2D eigenvalue weighted by Gasteiger charge is 2.18. The molecule has 0 spiro atoms. The molecule has 0 radical (unpaired) electrons. The lowest BCUT2D eigenvalue weighted by molar-refractivity contribution is 0.519. The molecule has 1 rings (SSSR count). The van der Waals surface area contributed by atoms with E-state index < -0.39 is 17.7 Å². The van der Waals surface area contributed by atoms with E-state index in [1.54, 1.807) is 13.8 Å². The van der Waals surface area contributed by atoms with Crippen LogP contribution in [0.3, 0.4) is 0 Å². The summed E-state index contributed by atoms with van der Waals surface area (Å²) in [6.45, 7) is 7.05. The molecule has 3 heteroatoms. The summed E-state index contributed by atoms with van der Waals surface area (Å²) < 4.78 is 27.0. The molecule has 82 valence electrons. The molecule has 0 fully saturated rings. The van der Waals surface area contributed by atoms with E-state index >= 15 is 0 Å². The molecule has 1 atom stereocenters. The highest BCUT2D eigenvalue weighted by molar-refractivity contribution is 5.29. The van der Waals surface area contributed by atoms with E-state index in [0.717, 1.165) is 5.57 Å². The van der Waals surface area contributed by atoms with Gasteiger partial charge in [-0.3, -0.25) is 0 Å². The third kappa shape index (κ3) is 2.63. The highest BCUT2D eigenvalue weighted by atomic mass is 19.1.